The molecule has 0 saturated carbocycles. The fraction of sp³-hybridized carbons (Fsp3) is 0.400. The summed E-state index contributed by atoms with van der Waals surface area (Å²) in [5, 5.41) is 3.17. The van der Waals surface area contributed by atoms with Gasteiger partial charge >= 0.3 is 6.18 Å². The minimum absolute atomic E-state index is 0.0504. The van der Waals surface area contributed by atoms with Crippen LogP contribution < -0.4 is 14.8 Å². The average Bonchev–Trinajstić information content (AvgIpc) is 3.21. The quantitative estimate of drug-likeness (QED) is 0.678. The van der Waals surface area contributed by atoms with Gasteiger partial charge in [-0.25, -0.2) is 13.1 Å². The molecular formula is C20H23F3N2O3S. The van der Waals surface area contributed by atoms with E-state index in [1.807, 2.05) is 30.3 Å². The van der Waals surface area contributed by atoms with Gasteiger partial charge < -0.3 is 10.1 Å². The van der Waals surface area contributed by atoms with E-state index in [0.717, 1.165) is 30.7 Å². The van der Waals surface area contributed by atoms with Crippen LogP contribution in [0.2, 0.25) is 0 Å². The molecular weight excluding hydrogens is 405 g/mol. The van der Waals surface area contributed by atoms with E-state index < -0.39 is 27.9 Å². The van der Waals surface area contributed by atoms with E-state index in [1.54, 1.807) is 0 Å². The SMILES string of the molecule is O=S(=O)(CC(Oc1ccc(C(F)(F)F)cc1)C1CCNC1)NCc1ccccc1. The summed E-state index contributed by atoms with van der Waals surface area (Å²) in [6.45, 7) is 1.51. The zero-order valence-electron chi connectivity index (χ0n) is 15.7. The number of hydrogen-bond acceptors (Lipinski definition) is 4. The summed E-state index contributed by atoms with van der Waals surface area (Å²) >= 11 is 0. The second kappa shape index (κ2) is 9.15. The van der Waals surface area contributed by atoms with Crippen molar-refractivity contribution < 1.29 is 26.3 Å². The van der Waals surface area contributed by atoms with Gasteiger partial charge in [0, 0.05) is 19.0 Å². The van der Waals surface area contributed by atoms with Gasteiger partial charge in [-0.2, -0.15) is 13.2 Å². The van der Waals surface area contributed by atoms with Crippen LogP contribution in [0.1, 0.15) is 17.5 Å². The summed E-state index contributed by atoms with van der Waals surface area (Å²) in [4.78, 5) is 0. The molecule has 2 N–H and O–H groups in total. The van der Waals surface area contributed by atoms with E-state index in [4.69, 9.17) is 4.74 Å². The Morgan fingerprint density at radius 2 is 1.79 bits per heavy atom. The molecule has 158 valence electrons. The fourth-order valence-corrected chi connectivity index (χ4v) is 4.50. The number of sulfonamides is 1. The Hall–Kier alpha value is -2.10. The number of hydrogen-bond donors (Lipinski definition) is 2. The molecule has 1 aliphatic rings. The molecule has 9 heteroatoms. The Kier molecular flexibility index (Phi) is 6.81. The van der Waals surface area contributed by atoms with E-state index >= 15 is 0 Å². The van der Waals surface area contributed by atoms with Crippen molar-refractivity contribution in [2.75, 3.05) is 18.8 Å². The normalized spacial score (nSPS) is 18.5. The molecule has 0 bridgehead atoms. The maximum atomic E-state index is 12.7. The van der Waals surface area contributed by atoms with Gasteiger partial charge in [0.15, 0.2) is 0 Å². The van der Waals surface area contributed by atoms with Crippen molar-refractivity contribution in [2.45, 2.75) is 25.2 Å². The van der Waals surface area contributed by atoms with Gasteiger partial charge in [0.05, 0.1) is 5.56 Å². The van der Waals surface area contributed by atoms with Crippen molar-refractivity contribution in [1.82, 2.24) is 10.0 Å². The van der Waals surface area contributed by atoms with Gasteiger partial charge in [-0.1, -0.05) is 30.3 Å². The molecule has 2 aromatic carbocycles. The summed E-state index contributed by atoms with van der Waals surface area (Å²) < 4.78 is 71.8. The molecule has 0 radical (unpaired) electrons. The average molecular weight is 428 g/mol. The van der Waals surface area contributed by atoms with Crippen LogP contribution >= 0.6 is 0 Å². The Morgan fingerprint density at radius 3 is 2.38 bits per heavy atom. The first-order chi connectivity index (χ1) is 13.7. The van der Waals surface area contributed by atoms with Gasteiger partial charge in [-0.3, -0.25) is 0 Å². The Labute approximate surface area is 168 Å². The highest BCUT2D eigenvalue weighted by molar-refractivity contribution is 7.89. The lowest BCUT2D eigenvalue weighted by Crippen LogP contribution is -2.39. The largest absolute Gasteiger partial charge is 0.489 e. The van der Waals surface area contributed by atoms with Crippen molar-refractivity contribution in [3.05, 3.63) is 65.7 Å². The standard InChI is InChI=1S/C20H23F3N2O3S/c21-20(22,23)17-6-8-18(9-7-17)28-19(16-10-11-24-13-16)14-29(26,27)25-12-15-4-2-1-3-5-15/h1-9,16,19,24-25H,10-14H2. The van der Waals surface area contributed by atoms with E-state index in [2.05, 4.69) is 10.0 Å². The second-order valence-electron chi connectivity index (χ2n) is 7.02. The zero-order valence-corrected chi connectivity index (χ0v) is 16.5. The van der Waals surface area contributed by atoms with Gasteiger partial charge in [-0.05, 0) is 42.8 Å². The van der Waals surface area contributed by atoms with Crippen molar-refractivity contribution in [3.8, 4) is 5.75 Å². The van der Waals surface area contributed by atoms with E-state index in [1.165, 1.54) is 12.1 Å². The summed E-state index contributed by atoms with van der Waals surface area (Å²) in [5.74, 6) is -0.105. The summed E-state index contributed by atoms with van der Waals surface area (Å²) in [6, 6.07) is 13.4. The lowest BCUT2D eigenvalue weighted by atomic mass is 10.0. The first kappa shape index (κ1) is 21.6. The smallest absolute Gasteiger partial charge is 0.416 e. The van der Waals surface area contributed by atoms with Crippen molar-refractivity contribution >= 4 is 10.0 Å². The number of nitrogens with one attached hydrogen (secondary N) is 2. The van der Waals surface area contributed by atoms with E-state index in [-0.39, 0.29) is 24.0 Å². The highest BCUT2D eigenvalue weighted by Gasteiger charge is 2.32. The molecule has 1 saturated heterocycles. The van der Waals surface area contributed by atoms with Gasteiger partial charge in [0.2, 0.25) is 10.0 Å². The minimum atomic E-state index is -4.43. The van der Waals surface area contributed by atoms with Crippen LogP contribution in [0.3, 0.4) is 0 Å². The maximum absolute atomic E-state index is 12.7. The molecule has 2 aromatic rings. The minimum Gasteiger partial charge on any atom is -0.489 e. The second-order valence-corrected chi connectivity index (χ2v) is 8.87. The Morgan fingerprint density at radius 1 is 1.10 bits per heavy atom. The first-order valence-electron chi connectivity index (χ1n) is 9.29. The summed E-state index contributed by atoms with van der Waals surface area (Å²) in [7, 11) is -3.65. The van der Waals surface area contributed by atoms with Crippen LogP contribution in [0, 0.1) is 5.92 Å². The predicted octanol–water partition coefficient (Wildman–Crippen LogP) is 3.18. The lowest BCUT2D eigenvalue weighted by Gasteiger charge is -2.24. The molecule has 0 spiro atoms. The van der Waals surface area contributed by atoms with E-state index in [0.29, 0.717) is 6.54 Å². The molecule has 3 rings (SSSR count). The first-order valence-corrected chi connectivity index (χ1v) is 10.9. The van der Waals surface area contributed by atoms with Crippen LogP contribution in [0.15, 0.2) is 54.6 Å². The van der Waals surface area contributed by atoms with Crippen molar-refractivity contribution in [3.63, 3.8) is 0 Å². The molecule has 0 amide bonds. The summed E-state index contributed by atoms with van der Waals surface area (Å²) in [6.07, 6.45) is -4.37. The van der Waals surface area contributed by atoms with Crippen molar-refractivity contribution in [1.29, 1.82) is 0 Å². The molecule has 0 aromatic heterocycles. The number of halogens is 3. The maximum Gasteiger partial charge on any atom is 0.416 e. The van der Waals surface area contributed by atoms with Crippen LogP contribution in [-0.2, 0) is 22.7 Å². The van der Waals surface area contributed by atoms with Crippen LogP contribution in [0.4, 0.5) is 13.2 Å². The Bertz CT molecular complexity index is 881. The van der Waals surface area contributed by atoms with Crippen molar-refractivity contribution in [2.24, 2.45) is 5.92 Å². The number of rotatable bonds is 8. The molecule has 29 heavy (non-hydrogen) atoms. The molecule has 2 atom stereocenters. The third kappa shape index (κ3) is 6.45. The number of benzene rings is 2. The predicted molar refractivity (Wildman–Crippen MR) is 104 cm³/mol. The fourth-order valence-electron chi connectivity index (χ4n) is 3.22. The monoisotopic (exact) mass is 428 g/mol. The number of alkyl halides is 3. The van der Waals surface area contributed by atoms with E-state index in [9.17, 15) is 21.6 Å². The lowest BCUT2D eigenvalue weighted by molar-refractivity contribution is -0.137. The highest BCUT2D eigenvalue weighted by atomic mass is 32.2. The molecule has 1 heterocycles. The number of ether oxygens (including phenoxy) is 1. The van der Waals surface area contributed by atoms with Gasteiger partial charge in [0.25, 0.3) is 0 Å². The topological polar surface area (TPSA) is 67.4 Å². The summed E-state index contributed by atoms with van der Waals surface area (Å²) in [5.41, 5.74) is 0.0555. The van der Waals surface area contributed by atoms with Gasteiger partial charge in [0.1, 0.15) is 17.6 Å². The van der Waals surface area contributed by atoms with Crippen LogP contribution in [-0.4, -0.2) is 33.4 Å². The Balaban J connectivity index is 1.68. The highest BCUT2D eigenvalue weighted by Crippen LogP contribution is 2.31. The molecule has 1 fully saturated rings. The zero-order chi connectivity index (χ0) is 20.9. The molecule has 5 nitrogen and oxygen atoms in total. The van der Waals surface area contributed by atoms with Crippen LogP contribution in [0.25, 0.3) is 0 Å². The van der Waals surface area contributed by atoms with Crippen LogP contribution in [0.5, 0.6) is 5.75 Å². The molecule has 0 aliphatic carbocycles. The third-order valence-electron chi connectivity index (χ3n) is 4.82. The molecule has 2 unspecified atom stereocenters. The van der Waals surface area contributed by atoms with Gasteiger partial charge in [-0.15, -0.1) is 0 Å². The third-order valence-corrected chi connectivity index (χ3v) is 6.17. The molecule has 1 aliphatic heterocycles.